The number of halogens is 2. The third-order valence-corrected chi connectivity index (χ3v) is 3.56. The average molecular weight is 341 g/mol. The van der Waals surface area contributed by atoms with Crippen molar-refractivity contribution in [1.29, 1.82) is 0 Å². The summed E-state index contributed by atoms with van der Waals surface area (Å²) in [5.74, 6) is -2.29. The van der Waals surface area contributed by atoms with Gasteiger partial charge in [-0.3, -0.25) is 9.59 Å². The summed E-state index contributed by atoms with van der Waals surface area (Å²) in [6.45, 7) is 1.85. The topological polar surface area (TPSA) is 59.3 Å². The fourth-order valence-electron chi connectivity index (χ4n) is 2.31. The van der Waals surface area contributed by atoms with Crippen LogP contribution >= 0.6 is 0 Å². The van der Waals surface area contributed by atoms with Crippen LogP contribution in [0.1, 0.15) is 11.1 Å². The van der Waals surface area contributed by atoms with Crippen LogP contribution in [-0.2, 0) is 4.79 Å². The van der Waals surface area contributed by atoms with Gasteiger partial charge in [-0.05, 0) is 37.3 Å². The number of benzene rings is 2. The number of hydrogen-bond acceptors (Lipinski definition) is 3. The molecule has 1 N–H and O–H groups in total. The zero-order valence-corrected chi connectivity index (χ0v) is 13.2. The number of carbonyl (C=O) groups excluding carboxylic acids is 1. The van der Waals surface area contributed by atoms with Gasteiger partial charge in [-0.2, -0.15) is 0 Å². The van der Waals surface area contributed by atoms with Gasteiger partial charge in [-0.1, -0.05) is 11.6 Å². The van der Waals surface area contributed by atoms with Crippen LogP contribution in [0.25, 0.3) is 17.0 Å². The van der Waals surface area contributed by atoms with E-state index >= 15 is 0 Å². The van der Waals surface area contributed by atoms with Crippen molar-refractivity contribution < 1.29 is 18.0 Å². The first-order valence-electron chi connectivity index (χ1n) is 7.40. The summed E-state index contributed by atoms with van der Waals surface area (Å²) < 4.78 is 31.7. The molecule has 4 nitrogen and oxygen atoms in total. The van der Waals surface area contributed by atoms with Crippen LogP contribution < -0.4 is 10.7 Å². The second kappa shape index (κ2) is 6.68. The molecule has 0 spiro atoms. The number of nitrogens with one attached hydrogen (secondary N) is 1. The van der Waals surface area contributed by atoms with Crippen molar-refractivity contribution in [1.82, 2.24) is 0 Å². The van der Waals surface area contributed by atoms with E-state index in [9.17, 15) is 18.4 Å². The zero-order chi connectivity index (χ0) is 18.0. The molecule has 0 atom stereocenters. The summed E-state index contributed by atoms with van der Waals surface area (Å²) in [7, 11) is 0. The number of amides is 1. The predicted molar refractivity (Wildman–Crippen MR) is 91.2 cm³/mol. The Kier molecular flexibility index (Phi) is 4.43. The lowest BCUT2D eigenvalue weighted by molar-refractivity contribution is -0.111. The molecule has 0 radical (unpaired) electrons. The molecular weight excluding hydrogens is 328 g/mol. The predicted octanol–water partition coefficient (Wildman–Crippen LogP) is 4.03. The molecule has 25 heavy (non-hydrogen) atoms. The first-order valence-corrected chi connectivity index (χ1v) is 7.40. The van der Waals surface area contributed by atoms with Gasteiger partial charge in [-0.15, -0.1) is 0 Å². The maximum Gasteiger partial charge on any atom is 0.248 e. The molecule has 126 valence electrons. The first-order chi connectivity index (χ1) is 11.9. The average Bonchev–Trinajstić information content (AvgIpc) is 2.57. The minimum absolute atomic E-state index is 0.155. The highest BCUT2D eigenvalue weighted by atomic mass is 19.1. The summed E-state index contributed by atoms with van der Waals surface area (Å²) >= 11 is 0. The van der Waals surface area contributed by atoms with Gasteiger partial charge < -0.3 is 9.73 Å². The Hall–Kier alpha value is -3.28. The third-order valence-electron chi connectivity index (χ3n) is 3.56. The molecule has 1 aromatic heterocycles. The fourth-order valence-corrected chi connectivity index (χ4v) is 2.31. The Morgan fingerprint density at radius 2 is 1.96 bits per heavy atom. The quantitative estimate of drug-likeness (QED) is 0.732. The van der Waals surface area contributed by atoms with Crippen LogP contribution in [0.3, 0.4) is 0 Å². The van der Waals surface area contributed by atoms with Gasteiger partial charge in [0.25, 0.3) is 0 Å². The Morgan fingerprint density at radius 3 is 2.72 bits per heavy atom. The maximum absolute atomic E-state index is 13.5. The van der Waals surface area contributed by atoms with E-state index in [-0.39, 0.29) is 16.7 Å². The largest absolute Gasteiger partial charge is 0.463 e. The van der Waals surface area contributed by atoms with E-state index in [1.54, 1.807) is 12.1 Å². The molecule has 3 rings (SSSR count). The molecule has 0 bridgehead atoms. The fraction of sp³-hybridized carbons (Fsp3) is 0.0526. The highest BCUT2D eigenvalue weighted by Gasteiger charge is 2.08. The van der Waals surface area contributed by atoms with Gasteiger partial charge in [0.2, 0.25) is 5.91 Å². The lowest BCUT2D eigenvalue weighted by atomic mass is 10.1. The molecule has 2 aromatic carbocycles. The highest BCUT2D eigenvalue weighted by Crippen LogP contribution is 2.16. The highest BCUT2D eigenvalue weighted by molar-refractivity contribution is 6.02. The van der Waals surface area contributed by atoms with Crippen molar-refractivity contribution in [2.24, 2.45) is 0 Å². The van der Waals surface area contributed by atoms with Crippen molar-refractivity contribution in [3.63, 3.8) is 0 Å². The number of fused-ring (bicyclic) bond motifs is 1. The second-order valence-electron chi connectivity index (χ2n) is 5.47. The normalized spacial score (nSPS) is 11.2. The first kappa shape index (κ1) is 16.6. The molecule has 1 amide bonds. The van der Waals surface area contributed by atoms with Crippen molar-refractivity contribution in [3.05, 3.63) is 81.7 Å². The van der Waals surface area contributed by atoms with Crippen LogP contribution in [0, 0.1) is 18.6 Å². The van der Waals surface area contributed by atoms with Crippen molar-refractivity contribution >= 4 is 28.6 Å². The van der Waals surface area contributed by atoms with E-state index in [0.717, 1.165) is 23.8 Å². The molecule has 0 saturated carbocycles. The van der Waals surface area contributed by atoms with Crippen molar-refractivity contribution in [2.45, 2.75) is 6.92 Å². The van der Waals surface area contributed by atoms with E-state index in [0.29, 0.717) is 17.0 Å². The third kappa shape index (κ3) is 3.63. The standard InChI is InChI=1S/C19H13F2NO3/c1-11-2-6-17-14(8-11)19(24)12(10-25-17)3-7-18(23)22-16-5-4-13(20)9-15(16)21/h2-10H,1H3,(H,22,23)/b7-3+. The molecule has 0 aliphatic carbocycles. The summed E-state index contributed by atoms with van der Waals surface area (Å²) in [4.78, 5) is 24.3. The minimum atomic E-state index is -0.887. The monoisotopic (exact) mass is 341 g/mol. The summed E-state index contributed by atoms with van der Waals surface area (Å²) in [6, 6.07) is 8.04. The molecular formula is C19H13F2NO3. The number of hydrogen-bond donors (Lipinski definition) is 1. The van der Waals surface area contributed by atoms with E-state index in [1.807, 2.05) is 13.0 Å². The molecule has 0 fully saturated rings. The van der Waals surface area contributed by atoms with E-state index < -0.39 is 17.5 Å². The van der Waals surface area contributed by atoms with Gasteiger partial charge in [-0.25, -0.2) is 8.78 Å². The smallest absolute Gasteiger partial charge is 0.248 e. The number of carbonyl (C=O) groups is 1. The van der Waals surface area contributed by atoms with Crippen LogP contribution in [0.5, 0.6) is 0 Å². The van der Waals surface area contributed by atoms with E-state index in [2.05, 4.69) is 5.32 Å². The van der Waals surface area contributed by atoms with Gasteiger partial charge >= 0.3 is 0 Å². The van der Waals surface area contributed by atoms with Gasteiger partial charge in [0.15, 0.2) is 5.43 Å². The minimum Gasteiger partial charge on any atom is -0.463 e. The molecule has 3 aromatic rings. The van der Waals surface area contributed by atoms with E-state index in [4.69, 9.17) is 4.42 Å². The Labute approximate surface area is 141 Å². The lowest BCUT2D eigenvalue weighted by Crippen LogP contribution is -2.10. The Bertz CT molecular complexity index is 1050. The van der Waals surface area contributed by atoms with Gasteiger partial charge in [0, 0.05) is 12.1 Å². The van der Waals surface area contributed by atoms with Crippen LogP contribution in [-0.4, -0.2) is 5.91 Å². The van der Waals surface area contributed by atoms with Gasteiger partial charge in [0.05, 0.1) is 16.6 Å². The summed E-state index contributed by atoms with van der Waals surface area (Å²) in [5, 5.41) is 2.68. The molecule has 0 saturated heterocycles. The molecule has 1 heterocycles. The number of rotatable bonds is 3. The molecule has 0 aliphatic rings. The van der Waals surface area contributed by atoms with Crippen molar-refractivity contribution in [2.75, 3.05) is 5.32 Å². The Balaban J connectivity index is 1.84. The van der Waals surface area contributed by atoms with Crippen LogP contribution in [0.4, 0.5) is 14.5 Å². The van der Waals surface area contributed by atoms with E-state index in [1.165, 1.54) is 12.3 Å². The summed E-state index contributed by atoms with van der Waals surface area (Å²) in [6.07, 6.45) is 3.61. The molecule has 0 unspecified atom stereocenters. The van der Waals surface area contributed by atoms with Crippen LogP contribution in [0.2, 0.25) is 0 Å². The van der Waals surface area contributed by atoms with Crippen LogP contribution in [0.15, 0.2) is 57.9 Å². The zero-order valence-electron chi connectivity index (χ0n) is 13.2. The number of anilines is 1. The Morgan fingerprint density at radius 1 is 1.16 bits per heavy atom. The molecule has 0 aliphatic heterocycles. The molecule has 6 heteroatoms. The second-order valence-corrected chi connectivity index (χ2v) is 5.47. The number of aryl methyl sites for hydroxylation is 1. The lowest BCUT2D eigenvalue weighted by Gasteiger charge is -2.03. The van der Waals surface area contributed by atoms with Gasteiger partial charge in [0.1, 0.15) is 23.5 Å². The summed E-state index contributed by atoms with van der Waals surface area (Å²) in [5.41, 5.74) is 1.11. The SMILES string of the molecule is Cc1ccc2occ(/C=C/C(=O)Nc3ccc(F)cc3F)c(=O)c2c1. The van der Waals surface area contributed by atoms with Crippen molar-refractivity contribution in [3.8, 4) is 0 Å². The maximum atomic E-state index is 13.5.